The molecule has 2 fully saturated rings. The SMILES string of the molecule is CCC(C)(C)c1cccc(N2CC3CCNC3C2)c1. The van der Waals surface area contributed by atoms with Crippen LogP contribution >= 0.6 is 0 Å². The highest BCUT2D eigenvalue weighted by Crippen LogP contribution is 2.33. The summed E-state index contributed by atoms with van der Waals surface area (Å²) in [5.41, 5.74) is 3.16. The smallest absolute Gasteiger partial charge is 0.0369 e. The van der Waals surface area contributed by atoms with E-state index in [4.69, 9.17) is 0 Å². The second-order valence-electron chi connectivity index (χ2n) is 6.80. The first-order valence-electron chi connectivity index (χ1n) is 7.69. The fraction of sp³-hybridized carbons (Fsp3) is 0.647. The van der Waals surface area contributed by atoms with E-state index >= 15 is 0 Å². The molecule has 1 aromatic carbocycles. The Kier molecular flexibility index (Phi) is 3.30. The van der Waals surface area contributed by atoms with E-state index < -0.39 is 0 Å². The minimum absolute atomic E-state index is 0.282. The molecule has 104 valence electrons. The monoisotopic (exact) mass is 258 g/mol. The van der Waals surface area contributed by atoms with E-state index in [1.807, 2.05) is 0 Å². The molecule has 2 heteroatoms. The molecule has 0 amide bonds. The van der Waals surface area contributed by atoms with Gasteiger partial charge in [0, 0.05) is 24.8 Å². The van der Waals surface area contributed by atoms with E-state index in [1.54, 1.807) is 0 Å². The molecule has 3 rings (SSSR count). The van der Waals surface area contributed by atoms with Crippen molar-refractivity contribution in [2.75, 3.05) is 24.5 Å². The summed E-state index contributed by atoms with van der Waals surface area (Å²) in [4.78, 5) is 2.57. The molecule has 2 aliphatic rings. The summed E-state index contributed by atoms with van der Waals surface area (Å²) in [5, 5.41) is 3.63. The number of hydrogen-bond donors (Lipinski definition) is 1. The summed E-state index contributed by atoms with van der Waals surface area (Å²) in [6.45, 7) is 10.6. The normalized spacial score (nSPS) is 26.8. The summed E-state index contributed by atoms with van der Waals surface area (Å²) in [5.74, 6) is 0.864. The molecule has 0 aliphatic carbocycles. The first kappa shape index (κ1) is 13.0. The molecular formula is C17H26N2. The fourth-order valence-electron chi connectivity index (χ4n) is 3.39. The van der Waals surface area contributed by atoms with Gasteiger partial charge in [-0.15, -0.1) is 0 Å². The molecule has 0 spiro atoms. The molecule has 2 aliphatic heterocycles. The number of fused-ring (bicyclic) bond motifs is 1. The third-order valence-corrected chi connectivity index (χ3v) is 5.24. The number of nitrogens with one attached hydrogen (secondary N) is 1. The Bertz CT molecular complexity index is 440. The van der Waals surface area contributed by atoms with E-state index in [-0.39, 0.29) is 5.41 Å². The van der Waals surface area contributed by atoms with Crippen LogP contribution in [-0.4, -0.2) is 25.7 Å². The van der Waals surface area contributed by atoms with Gasteiger partial charge in [0.15, 0.2) is 0 Å². The molecule has 2 saturated heterocycles. The molecule has 0 bridgehead atoms. The number of benzene rings is 1. The van der Waals surface area contributed by atoms with Crippen LogP contribution in [0.5, 0.6) is 0 Å². The Balaban J connectivity index is 1.81. The largest absolute Gasteiger partial charge is 0.370 e. The maximum absolute atomic E-state index is 3.63. The lowest BCUT2D eigenvalue weighted by Crippen LogP contribution is -2.30. The third kappa shape index (κ3) is 2.38. The van der Waals surface area contributed by atoms with Gasteiger partial charge in [0.25, 0.3) is 0 Å². The van der Waals surface area contributed by atoms with Gasteiger partial charge < -0.3 is 10.2 Å². The van der Waals surface area contributed by atoms with Crippen molar-refractivity contribution in [2.24, 2.45) is 5.92 Å². The van der Waals surface area contributed by atoms with Gasteiger partial charge in [-0.25, -0.2) is 0 Å². The van der Waals surface area contributed by atoms with Gasteiger partial charge in [0.05, 0.1) is 0 Å². The number of nitrogens with zero attached hydrogens (tertiary/aromatic N) is 1. The maximum atomic E-state index is 3.63. The van der Waals surface area contributed by atoms with E-state index in [0.717, 1.165) is 12.0 Å². The van der Waals surface area contributed by atoms with Crippen molar-refractivity contribution in [3.63, 3.8) is 0 Å². The van der Waals surface area contributed by atoms with Gasteiger partial charge in [-0.1, -0.05) is 32.9 Å². The van der Waals surface area contributed by atoms with Crippen molar-refractivity contribution < 1.29 is 0 Å². The van der Waals surface area contributed by atoms with Gasteiger partial charge in [-0.2, -0.15) is 0 Å². The molecule has 0 aromatic heterocycles. The summed E-state index contributed by atoms with van der Waals surface area (Å²) >= 11 is 0. The average Bonchev–Trinajstić information content (AvgIpc) is 2.99. The molecular weight excluding hydrogens is 232 g/mol. The van der Waals surface area contributed by atoms with Crippen molar-refractivity contribution in [3.05, 3.63) is 29.8 Å². The van der Waals surface area contributed by atoms with Crippen LogP contribution in [0, 0.1) is 5.92 Å². The lowest BCUT2D eigenvalue weighted by atomic mass is 9.82. The summed E-state index contributed by atoms with van der Waals surface area (Å²) in [7, 11) is 0. The summed E-state index contributed by atoms with van der Waals surface area (Å²) in [6.07, 6.45) is 2.53. The molecule has 2 unspecified atom stereocenters. The zero-order valence-corrected chi connectivity index (χ0v) is 12.4. The van der Waals surface area contributed by atoms with Crippen molar-refractivity contribution in [2.45, 2.75) is 45.1 Å². The lowest BCUT2D eigenvalue weighted by Gasteiger charge is -2.26. The summed E-state index contributed by atoms with van der Waals surface area (Å²) < 4.78 is 0. The predicted molar refractivity (Wildman–Crippen MR) is 81.9 cm³/mol. The van der Waals surface area contributed by atoms with Crippen LogP contribution in [0.2, 0.25) is 0 Å². The maximum Gasteiger partial charge on any atom is 0.0369 e. The standard InChI is InChI=1S/C17H26N2/c1-4-17(2,3)14-6-5-7-15(10-14)19-11-13-8-9-18-16(13)12-19/h5-7,10,13,16,18H,4,8-9,11-12H2,1-3H3. The Morgan fingerprint density at radius 1 is 1.32 bits per heavy atom. The van der Waals surface area contributed by atoms with E-state index in [0.29, 0.717) is 0 Å². The second kappa shape index (κ2) is 4.82. The molecule has 19 heavy (non-hydrogen) atoms. The second-order valence-corrected chi connectivity index (χ2v) is 6.80. The number of anilines is 1. The quantitative estimate of drug-likeness (QED) is 0.896. The highest BCUT2D eigenvalue weighted by atomic mass is 15.2. The van der Waals surface area contributed by atoms with Crippen LogP contribution in [0.3, 0.4) is 0 Å². The van der Waals surface area contributed by atoms with Gasteiger partial charge in [-0.05, 0) is 48.4 Å². The molecule has 2 nitrogen and oxygen atoms in total. The molecule has 0 saturated carbocycles. The van der Waals surface area contributed by atoms with Crippen LogP contribution in [0.4, 0.5) is 5.69 Å². The number of hydrogen-bond acceptors (Lipinski definition) is 2. The first-order valence-corrected chi connectivity index (χ1v) is 7.69. The van der Waals surface area contributed by atoms with Crippen LogP contribution < -0.4 is 10.2 Å². The van der Waals surface area contributed by atoms with Crippen molar-refractivity contribution >= 4 is 5.69 Å². The zero-order chi connectivity index (χ0) is 13.5. The van der Waals surface area contributed by atoms with Crippen molar-refractivity contribution in [1.82, 2.24) is 5.32 Å². The molecule has 1 N–H and O–H groups in total. The van der Waals surface area contributed by atoms with Crippen LogP contribution in [0.25, 0.3) is 0 Å². The molecule has 1 aromatic rings. The fourth-order valence-corrected chi connectivity index (χ4v) is 3.39. The number of rotatable bonds is 3. The Morgan fingerprint density at radius 2 is 2.16 bits per heavy atom. The van der Waals surface area contributed by atoms with Crippen molar-refractivity contribution in [1.29, 1.82) is 0 Å². The lowest BCUT2D eigenvalue weighted by molar-refractivity contribution is 0.506. The van der Waals surface area contributed by atoms with Gasteiger partial charge in [0.1, 0.15) is 0 Å². The van der Waals surface area contributed by atoms with E-state index in [2.05, 4.69) is 55.3 Å². The van der Waals surface area contributed by atoms with Gasteiger partial charge in [0.2, 0.25) is 0 Å². The Morgan fingerprint density at radius 3 is 2.89 bits per heavy atom. The summed E-state index contributed by atoms with van der Waals surface area (Å²) in [6, 6.07) is 9.91. The average molecular weight is 258 g/mol. The highest BCUT2D eigenvalue weighted by molar-refractivity contribution is 5.51. The topological polar surface area (TPSA) is 15.3 Å². The highest BCUT2D eigenvalue weighted by Gasteiger charge is 2.36. The van der Waals surface area contributed by atoms with Gasteiger partial charge in [-0.3, -0.25) is 0 Å². The Labute approximate surface area is 117 Å². The third-order valence-electron chi connectivity index (χ3n) is 5.24. The first-order chi connectivity index (χ1) is 9.10. The van der Waals surface area contributed by atoms with Crippen molar-refractivity contribution in [3.8, 4) is 0 Å². The minimum atomic E-state index is 0.282. The molecule has 2 heterocycles. The molecule has 0 radical (unpaired) electrons. The van der Waals surface area contributed by atoms with E-state index in [9.17, 15) is 0 Å². The minimum Gasteiger partial charge on any atom is -0.370 e. The zero-order valence-electron chi connectivity index (χ0n) is 12.4. The van der Waals surface area contributed by atoms with E-state index in [1.165, 1.54) is 43.7 Å². The van der Waals surface area contributed by atoms with Crippen LogP contribution in [0.15, 0.2) is 24.3 Å². The Hall–Kier alpha value is -1.02. The van der Waals surface area contributed by atoms with Crippen LogP contribution in [-0.2, 0) is 5.41 Å². The molecule has 2 atom stereocenters. The van der Waals surface area contributed by atoms with Crippen LogP contribution in [0.1, 0.15) is 39.2 Å². The van der Waals surface area contributed by atoms with Gasteiger partial charge >= 0.3 is 0 Å². The predicted octanol–water partition coefficient (Wildman–Crippen LogP) is 3.17.